The van der Waals surface area contributed by atoms with E-state index < -0.39 is 10.0 Å². The van der Waals surface area contributed by atoms with Crippen molar-refractivity contribution < 1.29 is 13.2 Å². The summed E-state index contributed by atoms with van der Waals surface area (Å²) in [7, 11) is -3.22. The number of carbonyl (C=O) groups is 1. The highest BCUT2D eigenvalue weighted by Crippen LogP contribution is 2.32. The van der Waals surface area contributed by atoms with Gasteiger partial charge in [-0.05, 0) is 43.7 Å². The maximum Gasteiger partial charge on any atom is 0.256 e. The first-order valence-corrected chi connectivity index (χ1v) is 11.4. The van der Waals surface area contributed by atoms with Gasteiger partial charge in [-0.2, -0.15) is 4.31 Å². The minimum absolute atomic E-state index is 0.0254. The van der Waals surface area contributed by atoms with Gasteiger partial charge in [0, 0.05) is 44.5 Å². The van der Waals surface area contributed by atoms with Crippen LogP contribution >= 0.6 is 0 Å². The monoisotopic (exact) mass is 377 g/mol. The van der Waals surface area contributed by atoms with E-state index in [9.17, 15) is 13.2 Å². The molecular weight excluding hydrogens is 350 g/mol. The predicted molar refractivity (Wildman–Crippen MR) is 102 cm³/mol. The third-order valence-electron chi connectivity index (χ3n) is 5.99. The Bertz CT molecular complexity index is 789. The summed E-state index contributed by atoms with van der Waals surface area (Å²) in [5.41, 5.74) is 1.78. The molecule has 2 atom stereocenters. The van der Waals surface area contributed by atoms with E-state index in [0.717, 1.165) is 37.2 Å². The summed E-state index contributed by atoms with van der Waals surface area (Å²) in [4.78, 5) is 17.6. The molecule has 2 bridgehead atoms. The molecule has 0 radical (unpaired) electrons. The summed E-state index contributed by atoms with van der Waals surface area (Å²) in [5.74, 6) is 0.281. The first kappa shape index (κ1) is 17.8. The molecule has 1 amide bonds. The number of amides is 1. The number of sulfonamides is 1. The van der Waals surface area contributed by atoms with Gasteiger partial charge in [-0.15, -0.1) is 0 Å². The maximum absolute atomic E-state index is 13.4. The molecule has 0 unspecified atom stereocenters. The fraction of sp³-hybridized carbons (Fsp3) is 0.632. The van der Waals surface area contributed by atoms with Gasteiger partial charge in [0.2, 0.25) is 10.0 Å². The lowest BCUT2D eigenvalue weighted by Crippen LogP contribution is -2.48. The molecule has 1 aromatic rings. The zero-order valence-corrected chi connectivity index (χ0v) is 16.1. The Kier molecular flexibility index (Phi) is 4.69. The van der Waals surface area contributed by atoms with Crippen molar-refractivity contribution in [3.63, 3.8) is 0 Å². The molecule has 4 aliphatic heterocycles. The van der Waals surface area contributed by atoms with Crippen LogP contribution in [0.2, 0.25) is 0 Å². The minimum atomic E-state index is -3.22. The molecule has 4 fully saturated rings. The number of benzene rings is 1. The first-order chi connectivity index (χ1) is 12.4. The van der Waals surface area contributed by atoms with Gasteiger partial charge in [0.15, 0.2) is 0 Å². The Morgan fingerprint density at radius 3 is 2.50 bits per heavy atom. The molecule has 142 valence electrons. The summed E-state index contributed by atoms with van der Waals surface area (Å²) >= 11 is 0. The molecule has 0 N–H and O–H groups in total. The van der Waals surface area contributed by atoms with Crippen molar-refractivity contribution >= 4 is 21.6 Å². The summed E-state index contributed by atoms with van der Waals surface area (Å²) < 4.78 is 25.7. The van der Waals surface area contributed by atoms with Crippen LogP contribution in [0.4, 0.5) is 5.69 Å². The number of fused-ring (bicyclic) bond motifs is 4. The second-order valence-corrected chi connectivity index (χ2v) is 9.83. The molecule has 0 aliphatic carbocycles. The van der Waals surface area contributed by atoms with Gasteiger partial charge >= 0.3 is 0 Å². The van der Waals surface area contributed by atoms with Crippen molar-refractivity contribution in [2.75, 3.05) is 43.9 Å². The van der Waals surface area contributed by atoms with Crippen molar-refractivity contribution in [3.8, 4) is 0 Å². The molecular formula is C19H27N3O3S. The molecule has 0 aromatic heterocycles. The molecule has 7 heteroatoms. The van der Waals surface area contributed by atoms with E-state index in [1.807, 2.05) is 29.2 Å². The summed E-state index contributed by atoms with van der Waals surface area (Å²) in [6, 6.07) is 7.85. The van der Waals surface area contributed by atoms with E-state index in [-0.39, 0.29) is 17.9 Å². The number of hydrogen-bond acceptors (Lipinski definition) is 4. The third kappa shape index (κ3) is 3.34. The number of carbonyl (C=O) groups excluding carboxylic acids is 1. The standard InChI is InChI=1S/C19H27N3O3S/c1-26(24,25)21-12-15-8-9-16(14-21)22(13-15)19(23)17-6-2-3-7-18(17)20-10-4-5-11-20/h2-3,6-7,15-16H,4-5,8-14H2,1H3/t15-,16+/m0/s1. The van der Waals surface area contributed by atoms with Crippen LogP contribution in [0.1, 0.15) is 36.0 Å². The van der Waals surface area contributed by atoms with Gasteiger partial charge in [0.25, 0.3) is 5.91 Å². The van der Waals surface area contributed by atoms with Crippen LogP contribution in [0.15, 0.2) is 24.3 Å². The van der Waals surface area contributed by atoms with E-state index in [2.05, 4.69) is 4.90 Å². The molecule has 5 rings (SSSR count). The number of hydrogen-bond donors (Lipinski definition) is 0. The van der Waals surface area contributed by atoms with Crippen molar-refractivity contribution in [3.05, 3.63) is 29.8 Å². The number of para-hydroxylation sites is 1. The van der Waals surface area contributed by atoms with Crippen molar-refractivity contribution in [1.82, 2.24) is 9.21 Å². The average molecular weight is 378 g/mol. The highest BCUT2D eigenvalue weighted by atomic mass is 32.2. The zero-order valence-electron chi connectivity index (χ0n) is 15.3. The van der Waals surface area contributed by atoms with E-state index in [1.54, 1.807) is 4.31 Å². The van der Waals surface area contributed by atoms with Gasteiger partial charge in [-0.1, -0.05) is 12.1 Å². The number of anilines is 1. The minimum Gasteiger partial charge on any atom is -0.371 e. The topological polar surface area (TPSA) is 60.9 Å². The Morgan fingerprint density at radius 1 is 1.04 bits per heavy atom. The number of nitrogens with zero attached hydrogens (tertiary/aromatic N) is 3. The van der Waals surface area contributed by atoms with Crippen LogP contribution in [0, 0.1) is 5.92 Å². The fourth-order valence-corrected chi connectivity index (χ4v) is 5.53. The van der Waals surface area contributed by atoms with Crippen molar-refractivity contribution in [2.24, 2.45) is 5.92 Å². The van der Waals surface area contributed by atoms with Gasteiger partial charge in [-0.3, -0.25) is 4.79 Å². The lowest BCUT2D eigenvalue weighted by Gasteiger charge is -2.37. The van der Waals surface area contributed by atoms with E-state index >= 15 is 0 Å². The number of piperidine rings is 1. The Labute approximate surface area is 155 Å². The second-order valence-electron chi connectivity index (χ2n) is 7.85. The molecule has 4 aliphatic rings. The third-order valence-corrected chi connectivity index (χ3v) is 7.23. The maximum atomic E-state index is 13.4. The van der Waals surface area contributed by atoms with Crippen LogP contribution in [0.25, 0.3) is 0 Å². The van der Waals surface area contributed by atoms with Gasteiger partial charge in [0.1, 0.15) is 0 Å². The highest BCUT2D eigenvalue weighted by Gasteiger charge is 2.40. The van der Waals surface area contributed by atoms with Crippen LogP contribution in [-0.4, -0.2) is 68.6 Å². The van der Waals surface area contributed by atoms with Crippen LogP contribution in [-0.2, 0) is 10.0 Å². The van der Waals surface area contributed by atoms with Crippen molar-refractivity contribution in [1.29, 1.82) is 0 Å². The lowest BCUT2D eigenvalue weighted by molar-refractivity contribution is 0.0589. The van der Waals surface area contributed by atoms with Crippen molar-refractivity contribution in [2.45, 2.75) is 31.7 Å². The van der Waals surface area contributed by atoms with Gasteiger partial charge < -0.3 is 9.80 Å². The van der Waals surface area contributed by atoms with E-state index in [1.165, 1.54) is 19.1 Å². The zero-order chi connectivity index (χ0) is 18.3. The number of rotatable bonds is 3. The highest BCUT2D eigenvalue weighted by molar-refractivity contribution is 7.88. The fourth-order valence-electron chi connectivity index (χ4n) is 4.60. The molecule has 26 heavy (non-hydrogen) atoms. The van der Waals surface area contributed by atoms with Gasteiger partial charge in [0.05, 0.1) is 11.8 Å². The van der Waals surface area contributed by atoms with Crippen LogP contribution < -0.4 is 4.90 Å². The molecule has 4 saturated heterocycles. The smallest absolute Gasteiger partial charge is 0.256 e. The lowest BCUT2D eigenvalue weighted by atomic mass is 9.94. The van der Waals surface area contributed by atoms with Crippen LogP contribution in [0.5, 0.6) is 0 Å². The summed E-state index contributed by atoms with van der Waals surface area (Å²) in [5, 5.41) is 0. The molecule has 6 nitrogen and oxygen atoms in total. The second kappa shape index (κ2) is 6.85. The average Bonchev–Trinajstić information content (AvgIpc) is 2.99. The molecule has 0 spiro atoms. The van der Waals surface area contributed by atoms with Gasteiger partial charge in [-0.25, -0.2) is 8.42 Å². The molecule has 4 heterocycles. The Morgan fingerprint density at radius 2 is 1.77 bits per heavy atom. The summed E-state index contributed by atoms with van der Waals surface area (Å²) in [6.07, 6.45) is 5.48. The van der Waals surface area contributed by atoms with Crippen LogP contribution in [0.3, 0.4) is 0 Å². The van der Waals surface area contributed by atoms with E-state index in [0.29, 0.717) is 19.6 Å². The first-order valence-electron chi connectivity index (χ1n) is 9.53. The Balaban J connectivity index is 1.61. The summed E-state index contributed by atoms with van der Waals surface area (Å²) in [6.45, 7) is 3.61. The normalized spacial score (nSPS) is 27.0. The predicted octanol–water partition coefficient (Wildman–Crippen LogP) is 1.78. The van der Waals surface area contributed by atoms with E-state index in [4.69, 9.17) is 0 Å². The quantitative estimate of drug-likeness (QED) is 0.806. The largest absolute Gasteiger partial charge is 0.371 e. The SMILES string of the molecule is CS(=O)(=O)N1C[C@@H]2CC[C@H](C1)N(C(=O)c1ccccc1N1CCCC1)C2. The molecule has 1 aromatic carbocycles. The Hall–Kier alpha value is -1.60. The molecule has 0 saturated carbocycles.